The van der Waals surface area contributed by atoms with Gasteiger partial charge in [0.05, 0.1) is 0 Å². The summed E-state index contributed by atoms with van der Waals surface area (Å²) in [6.45, 7) is 1.29. The Morgan fingerprint density at radius 2 is 1.68 bits per heavy atom. The van der Waals surface area contributed by atoms with Gasteiger partial charge in [-0.1, -0.05) is 61.0 Å². The van der Waals surface area contributed by atoms with Crippen molar-refractivity contribution in [3.05, 3.63) is 63.6 Å². The third-order valence-electron chi connectivity index (χ3n) is 4.74. The molecule has 1 fully saturated rings. The summed E-state index contributed by atoms with van der Waals surface area (Å²) < 4.78 is 6.04. The second-order valence-corrected chi connectivity index (χ2v) is 7.61. The van der Waals surface area contributed by atoms with Gasteiger partial charge in [0.25, 0.3) is 0 Å². The molecule has 2 aromatic carbocycles. The van der Waals surface area contributed by atoms with Crippen LogP contribution in [0.25, 0.3) is 0 Å². The first-order valence-corrected chi connectivity index (χ1v) is 9.85. The number of rotatable bonds is 6. The van der Waals surface area contributed by atoms with Gasteiger partial charge in [-0.25, -0.2) is 0 Å². The first kappa shape index (κ1) is 18.6. The second-order valence-electron chi connectivity index (χ2n) is 6.74. The molecule has 0 unspecified atom stereocenters. The largest absolute Gasteiger partial charge is 0.489 e. The minimum Gasteiger partial charge on any atom is -0.489 e. The first-order valence-electron chi connectivity index (χ1n) is 9.10. The molecule has 134 valence electrons. The average Bonchev–Trinajstić information content (AvgIpc) is 2.88. The van der Waals surface area contributed by atoms with E-state index in [-0.39, 0.29) is 0 Å². The predicted octanol–water partition coefficient (Wildman–Crippen LogP) is 6.38. The van der Waals surface area contributed by atoms with Gasteiger partial charge in [-0.3, -0.25) is 0 Å². The van der Waals surface area contributed by atoms with Gasteiger partial charge in [-0.15, -0.1) is 0 Å². The normalized spacial score (nSPS) is 15.8. The van der Waals surface area contributed by atoms with Crippen molar-refractivity contribution < 1.29 is 4.74 Å². The van der Waals surface area contributed by atoms with Crippen LogP contribution in [0.15, 0.2) is 42.5 Å². The Morgan fingerprint density at radius 3 is 2.44 bits per heavy atom. The van der Waals surface area contributed by atoms with Crippen molar-refractivity contribution in [2.24, 2.45) is 0 Å². The average molecular weight is 378 g/mol. The summed E-state index contributed by atoms with van der Waals surface area (Å²) in [6.07, 6.45) is 7.90. The maximum absolute atomic E-state index is 6.20. The Bertz CT molecular complexity index is 681. The highest BCUT2D eigenvalue weighted by atomic mass is 35.5. The fraction of sp³-hybridized carbons (Fsp3) is 0.429. The SMILES string of the molecule is Clc1cccc(COc2ccc(Cl)cc2CNC2CCCCCC2)c1. The van der Waals surface area contributed by atoms with Gasteiger partial charge >= 0.3 is 0 Å². The molecule has 0 heterocycles. The van der Waals surface area contributed by atoms with Gasteiger partial charge in [0.2, 0.25) is 0 Å². The van der Waals surface area contributed by atoms with E-state index in [4.69, 9.17) is 27.9 Å². The standard InChI is InChI=1S/C21H25Cl2NO/c22-18-7-5-6-16(12-18)15-25-21-11-10-19(23)13-17(21)14-24-20-8-3-1-2-4-9-20/h5-7,10-13,20,24H,1-4,8-9,14-15H2. The van der Waals surface area contributed by atoms with Crippen LogP contribution in [0.3, 0.4) is 0 Å². The Hall–Kier alpha value is -1.22. The number of hydrogen-bond acceptors (Lipinski definition) is 2. The molecule has 1 N–H and O–H groups in total. The molecule has 25 heavy (non-hydrogen) atoms. The zero-order chi connectivity index (χ0) is 17.5. The lowest BCUT2D eigenvalue weighted by Crippen LogP contribution is -2.28. The summed E-state index contributed by atoms with van der Waals surface area (Å²) in [6, 6.07) is 14.2. The molecule has 1 aliphatic carbocycles. The molecule has 0 saturated heterocycles. The van der Waals surface area contributed by atoms with Gasteiger partial charge < -0.3 is 10.1 Å². The molecule has 4 heteroatoms. The summed E-state index contributed by atoms with van der Waals surface area (Å²) in [7, 11) is 0. The highest BCUT2D eigenvalue weighted by molar-refractivity contribution is 6.30. The molecule has 0 aromatic heterocycles. The summed E-state index contributed by atoms with van der Waals surface area (Å²) >= 11 is 12.2. The van der Waals surface area contributed by atoms with Crippen LogP contribution in [0, 0.1) is 0 Å². The lowest BCUT2D eigenvalue weighted by atomic mass is 10.1. The van der Waals surface area contributed by atoms with Crippen molar-refractivity contribution >= 4 is 23.2 Å². The minimum atomic E-state index is 0.499. The van der Waals surface area contributed by atoms with Crippen molar-refractivity contribution in [2.75, 3.05) is 0 Å². The molecule has 0 amide bonds. The van der Waals surface area contributed by atoms with Crippen molar-refractivity contribution in [3.8, 4) is 5.75 Å². The van der Waals surface area contributed by atoms with Crippen LogP contribution in [0.1, 0.15) is 49.7 Å². The fourth-order valence-electron chi connectivity index (χ4n) is 3.35. The van der Waals surface area contributed by atoms with E-state index in [1.54, 1.807) is 0 Å². The summed E-state index contributed by atoms with van der Waals surface area (Å²) in [5.74, 6) is 0.880. The van der Waals surface area contributed by atoms with Crippen LogP contribution in [0.2, 0.25) is 10.0 Å². The highest BCUT2D eigenvalue weighted by Gasteiger charge is 2.13. The van der Waals surface area contributed by atoms with E-state index in [1.165, 1.54) is 38.5 Å². The third kappa shape index (κ3) is 5.91. The first-order chi connectivity index (χ1) is 12.2. The molecule has 2 nitrogen and oxygen atoms in total. The molecule has 3 rings (SSSR count). The Kier molecular flexibility index (Phi) is 7.03. The van der Waals surface area contributed by atoms with Crippen molar-refractivity contribution in [3.63, 3.8) is 0 Å². The van der Waals surface area contributed by atoms with Crippen LogP contribution >= 0.6 is 23.2 Å². The maximum atomic E-state index is 6.20. The van der Waals surface area contributed by atoms with Crippen LogP contribution in [0.4, 0.5) is 0 Å². The molecule has 0 atom stereocenters. The van der Waals surface area contributed by atoms with E-state index in [0.29, 0.717) is 12.6 Å². The summed E-state index contributed by atoms with van der Waals surface area (Å²) in [5, 5.41) is 5.17. The lowest BCUT2D eigenvalue weighted by molar-refractivity contribution is 0.301. The molecule has 2 aromatic rings. The third-order valence-corrected chi connectivity index (χ3v) is 5.21. The van der Waals surface area contributed by atoms with E-state index in [2.05, 4.69) is 5.32 Å². The quantitative estimate of drug-likeness (QED) is 0.589. The number of halogens is 2. The van der Waals surface area contributed by atoms with Crippen molar-refractivity contribution in [1.29, 1.82) is 0 Å². The molecule has 0 bridgehead atoms. The van der Waals surface area contributed by atoms with E-state index in [0.717, 1.165) is 33.5 Å². The number of nitrogens with one attached hydrogen (secondary N) is 1. The zero-order valence-corrected chi connectivity index (χ0v) is 16.0. The Labute approximate surface area is 160 Å². The molecule has 0 aliphatic heterocycles. The van der Waals surface area contributed by atoms with Crippen LogP contribution < -0.4 is 10.1 Å². The zero-order valence-electron chi connectivity index (χ0n) is 14.4. The van der Waals surface area contributed by atoms with Gasteiger partial charge in [-0.2, -0.15) is 0 Å². The van der Waals surface area contributed by atoms with Gasteiger partial charge in [0.1, 0.15) is 12.4 Å². The molecule has 1 saturated carbocycles. The van der Waals surface area contributed by atoms with Crippen molar-refractivity contribution in [2.45, 2.75) is 57.7 Å². The number of ether oxygens (including phenoxy) is 1. The molecule has 1 aliphatic rings. The van der Waals surface area contributed by atoms with Gasteiger partial charge in [-0.05, 0) is 48.7 Å². The van der Waals surface area contributed by atoms with Gasteiger partial charge in [0, 0.05) is 28.2 Å². The van der Waals surface area contributed by atoms with E-state index in [9.17, 15) is 0 Å². The fourth-order valence-corrected chi connectivity index (χ4v) is 3.76. The molecule has 0 spiro atoms. The van der Waals surface area contributed by atoms with Crippen LogP contribution in [-0.4, -0.2) is 6.04 Å². The van der Waals surface area contributed by atoms with Crippen LogP contribution in [0.5, 0.6) is 5.75 Å². The Morgan fingerprint density at radius 1 is 0.920 bits per heavy atom. The molecule has 0 radical (unpaired) electrons. The highest BCUT2D eigenvalue weighted by Crippen LogP contribution is 2.25. The van der Waals surface area contributed by atoms with Gasteiger partial charge in [0.15, 0.2) is 0 Å². The monoisotopic (exact) mass is 377 g/mol. The molecular weight excluding hydrogens is 353 g/mol. The van der Waals surface area contributed by atoms with Crippen LogP contribution in [-0.2, 0) is 13.2 Å². The predicted molar refractivity (Wildman–Crippen MR) is 106 cm³/mol. The smallest absolute Gasteiger partial charge is 0.124 e. The summed E-state index contributed by atoms with van der Waals surface area (Å²) in [5.41, 5.74) is 2.17. The van der Waals surface area contributed by atoms with Crippen molar-refractivity contribution in [1.82, 2.24) is 5.32 Å². The minimum absolute atomic E-state index is 0.499. The second kappa shape index (κ2) is 9.47. The lowest BCUT2D eigenvalue weighted by Gasteiger charge is -2.18. The number of hydrogen-bond donors (Lipinski definition) is 1. The van der Waals surface area contributed by atoms with E-state index < -0.39 is 0 Å². The topological polar surface area (TPSA) is 21.3 Å². The van der Waals surface area contributed by atoms with E-state index >= 15 is 0 Å². The summed E-state index contributed by atoms with van der Waals surface area (Å²) in [4.78, 5) is 0. The number of benzene rings is 2. The maximum Gasteiger partial charge on any atom is 0.124 e. The Balaban J connectivity index is 1.63. The molecular formula is C21H25Cl2NO. The van der Waals surface area contributed by atoms with E-state index in [1.807, 2.05) is 42.5 Å².